The van der Waals surface area contributed by atoms with Crippen LogP contribution in [0.4, 0.5) is 0 Å². The van der Waals surface area contributed by atoms with Crippen LogP contribution in [-0.4, -0.2) is 62.7 Å². The molecule has 3 rings (SSSR count). The molecule has 26 heavy (non-hydrogen) atoms. The van der Waals surface area contributed by atoms with Crippen LogP contribution in [0.15, 0.2) is 30.3 Å². The van der Waals surface area contributed by atoms with Crippen LogP contribution >= 0.6 is 0 Å². The Labute approximate surface area is 155 Å². The van der Waals surface area contributed by atoms with Gasteiger partial charge in [-0.3, -0.25) is 14.5 Å². The van der Waals surface area contributed by atoms with Gasteiger partial charge in [-0.15, -0.1) is 0 Å². The SMILES string of the molecule is CN(CC(=O)NCC1(c2ccccc2)CCOCC1)CC(=O)NC1CC1. The Kier molecular flexibility index (Phi) is 6.27. The molecule has 2 amide bonds. The van der Waals surface area contributed by atoms with E-state index in [1.807, 2.05) is 18.2 Å². The third-order valence-corrected chi connectivity index (χ3v) is 5.23. The number of nitrogens with one attached hydrogen (secondary N) is 2. The zero-order valence-corrected chi connectivity index (χ0v) is 15.5. The molecule has 1 saturated heterocycles. The number of nitrogens with zero attached hydrogens (tertiary/aromatic N) is 1. The molecule has 0 unspecified atom stereocenters. The molecule has 2 N–H and O–H groups in total. The van der Waals surface area contributed by atoms with E-state index >= 15 is 0 Å². The van der Waals surface area contributed by atoms with E-state index in [0.29, 0.717) is 25.8 Å². The molecule has 1 aliphatic carbocycles. The van der Waals surface area contributed by atoms with Crippen molar-refractivity contribution in [1.29, 1.82) is 0 Å². The lowest BCUT2D eigenvalue weighted by atomic mass is 9.74. The van der Waals surface area contributed by atoms with E-state index in [4.69, 9.17) is 4.74 Å². The Balaban J connectivity index is 1.50. The summed E-state index contributed by atoms with van der Waals surface area (Å²) in [5.74, 6) is -0.0542. The number of rotatable bonds is 8. The van der Waals surface area contributed by atoms with Crippen LogP contribution in [0.5, 0.6) is 0 Å². The van der Waals surface area contributed by atoms with Crippen molar-refractivity contribution in [2.75, 3.05) is 39.9 Å². The Morgan fingerprint density at radius 2 is 1.77 bits per heavy atom. The van der Waals surface area contributed by atoms with Gasteiger partial charge in [-0.05, 0) is 38.3 Å². The average molecular weight is 359 g/mol. The highest BCUT2D eigenvalue weighted by molar-refractivity contribution is 5.81. The molecule has 0 aromatic heterocycles. The summed E-state index contributed by atoms with van der Waals surface area (Å²) in [5, 5.41) is 6.02. The van der Waals surface area contributed by atoms with Gasteiger partial charge in [0, 0.05) is 31.2 Å². The maximum atomic E-state index is 12.4. The number of benzene rings is 1. The molecule has 1 heterocycles. The number of carbonyl (C=O) groups is 2. The Hall–Kier alpha value is -1.92. The fourth-order valence-corrected chi connectivity index (χ4v) is 3.49. The summed E-state index contributed by atoms with van der Waals surface area (Å²) in [6.07, 6.45) is 3.94. The maximum Gasteiger partial charge on any atom is 0.234 e. The highest BCUT2D eigenvalue weighted by Crippen LogP contribution is 2.34. The van der Waals surface area contributed by atoms with Crippen molar-refractivity contribution in [3.05, 3.63) is 35.9 Å². The van der Waals surface area contributed by atoms with Gasteiger partial charge in [0.05, 0.1) is 13.1 Å². The van der Waals surface area contributed by atoms with Crippen LogP contribution in [0.25, 0.3) is 0 Å². The molecule has 0 atom stereocenters. The van der Waals surface area contributed by atoms with E-state index in [1.54, 1.807) is 11.9 Å². The summed E-state index contributed by atoms with van der Waals surface area (Å²) in [4.78, 5) is 26.0. The standard InChI is InChI=1S/C20H29N3O3/c1-23(14-19(25)22-17-7-8-17)13-18(24)21-15-20(9-11-26-12-10-20)16-5-3-2-4-6-16/h2-6,17H,7-15H2,1H3,(H,21,24)(H,22,25). The van der Waals surface area contributed by atoms with Crippen molar-refractivity contribution < 1.29 is 14.3 Å². The van der Waals surface area contributed by atoms with Gasteiger partial charge in [0.2, 0.25) is 11.8 Å². The minimum Gasteiger partial charge on any atom is -0.381 e. The lowest BCUT2D eigenvalue weighted by Crippen LogP contribution is -2.47. The third kappa shape index (κ3) is 5.29. The highest BCUT2D eigenvalue weighted by atomic mass is 16.5. The summed E-state index contributed by atoms with van der Waals surface area (Å²) in [6, 6.07) is 10.7. The van der Waals surface area contributed by atoms with Gasteiger partial charge in [-0.2, -0.15) is 0 Å². The van der Waals surface area contributed by atoms with Crippen molar-refractivity contribution in [1.82, 2.24) is 15.5 Å². The van der Waals surface area contributed by atoms with Gasteiger partial charge < -0.3 is 15.4 Å². The fraction of sp³-hybridized carbons (Fsp3) is 0.600. The summed E-state index contributed by atoms with van der Waals surface area (Å²) in [5.41, 5.74) is 1.18. The van der Waals surface area contributed by atoms with Crippen LogP contribution in [0.1, 0.15) is 31.2 Å². The lowest BCUT2D eigenvalue weighted by Gasteiger charge is -2.38. The first-order chi connectivity index (χ1) is 12.6. The largest absolute Gasteiger partial charge is 0.381 e. The molecule has 2 fully saturated rings. The van der Waals surface area contributed by atoms with E-state index in [1.165, 1.54) is 5.56 Å². The number of hydrogen-bond acceptors (Lipinski definition) is 4. The number of likely N-dealkylation sites (N-methyl/N-ethyl adjacent to an activating group) is 1. The zero-order valence-electron chi connectivity index (χ0n) is 15.5. The van der Waals surface area contributed by atoms with Crippen molar-refractivity contribution >= 4 is 11.8 Å². The van der Waals surface area contributed by atoms with Gasteiger partial charge in [-0.1, -0.05) is 30.3 Å². The molecular formula is C20H29N3O3. The molecule has 1 saturated carbocycles. The van der Waals surface area contributed by atoms with Crippen molar-refractivity contribution in [3.63, 3.8) is 0 Å². The summed E-state index contributed by atoms with van der Waals surface area (Å²) in [6.45, 7) is 2.50. The smallest absolute Gasteiger partial charge is 0.234 e. The second kappa shape index (κ2) is 8.64. The second-order valence-corrected chi connectivity index (χ2v) is 7.55. The first-order valence-electron chi connectivity index (χ1n) is 9.45. The first-order valence-corrected chi connectivity index (χ1v) is 9.45. The second-order valence-electron chi connectivity index (χ2n) is 7.55. The molecule has 0 bridgehead atoms. The predicted octanol–water partition coefficient (Wildman–Crippen LogP) is 1.06. The molecule has 1 aliphatic heterocycles. The Morgan fingerprint density at radius 3 is 2.42 bits per heavy atom. The molecule has 2 aliphatic rings. The summed E-state index contributed by atoms with van der Waals surface area (Å²) < 4.78 is 5.53. The molecule has 0 radical (unpaired) electrons. The van der Waals surface area contributed by atoms with Gasteiger partial charge in [0.15, 0.2) is 0 Å². The van der Waals surface area contributed by atoms with Crippen molar-refractivity contribution in [2.24, 2.45) is 0 Å². The topological polar surface area (TPSA) is 70.7 Å². The van der Waals surface area contributed by atoms with Gasteiger partial charge in [0.25, 0.3) is 0 Å². The molecule has 6 nitrogen and oxygen atoms in total. The van der Waals surface area contributed by atoms with E-state index in [-0.39, 0.29) is 30.3 Å². The molecule has 0 spiro atoms. The van der Waals surface area contributed by atoms with Crippen molar-refractivity contribution in [2.45, 2.75) is 37.1 Å². The average Bonchev–Trinajstić information content (AvgIpc) is 3.45. The van der Waals surface area contributed by atoms with E-state index in [0.717, 1.165) is 25.7 Å². The minimum absolute atomic E-state index is 0.00650. The van der Waals surface area contributed by atoms with Gasteiger partial charge in [0.1, 0.15) is 0 Å². The van der Waals surface area contributed by atoms with E-state index < -0.39 is 0 Å². The summed E-state index contributed by atoms with van der Waals surface area (Å²) >= 11 is 0. The zero-order chi connectivity index (χ0) is 18.4. The van der Waals surface area contributed by atoms with Crippen LogP contribution in [0.2, 0.25) is 0 Å². The lowest BCUT2D eigenvalue weighted by molar-refractivity contribution is -0.124. The number of ether oxygens (including phenoxy) is 1. The fourth-order valence-electron chi connectivity index (χ4n) is 3.49. The highest BCUT2D eigenvalue weighted by Gasteiger charge is 2.34. The quantitative estimate of drug-likeness (QED) is 0.728. The Morgan fingerprint density at radius 1 is 1.12 bits per heavy atom. The van der Waals surface area contributed by atoms with Crippen molar-refractivity contribution in [3.8, 4) is 0 Å². The van der Waals surface area contributed by atoms with Crippen LogP contribution in [0.3, 0.4) is 0 Å². The monoisotopic (exact) mass is 359 g/mol. The molecule has 6 heteroatoms. The molecule has 1 aromatic carbocycles. The van der Waals surface area contributed by atoms with Crippen LogP contribution < -0.4 is 10.6 Å². The van der Waals surface area contributed by atoms with E-state index in [9.17, 15) is 9.59 Å². The molecular weight excluding hydrogens is 330 g/mol. The minimum atomic E-state index is -0.0723. The van der Waals surface area contributed by atoms with E-state index in [2.05, 4.69) is 22.8 Å². The van der Waals surface area contributed by atoms with Crippen LogP contribution in [0, 0.1) is 0 Å². The Bertz CT molecular complexity index is 610. The first kappa shape index (κ1) is 18.9. The molecule has 1 aromatic rings. The van der Waals surface area contributed by atoms with Gasteiger partial charge >= 0.3 is 0 Å². The van der Waals surface area contributed by atoms with Gasteiger partial charge in [-0.25, -0.2) is 0 Å². The molecule has 142 valence electrons. The number of carbonyl (C=O) groups excluding carboxylic acids is 2. The number of amides is 2. The summed E-state index contributed by atoms with van der Waals surface area (Å²) in [7, 11) is 1.80. The normalized spacial score (nSPS) is 19.2. The number of hydrogen-bond donors (Lipinski definition) is 2. The third-order valence-electron chi connectivity index (χ3n) is 5.23. The predicted molar refractivity (Wildman–Crippen MR) is 99.8 cm³/mol. The maximum absolute atomic E-state index is 12.4. The van der Waals surface area contributed by atoms with Crippen LogP contribution in [-0.2, 0) is 19.7 Å².